The molecular formula is C11H15N3S. The van der Waals surface area contributed by atoms with Crippen molar-refractivity contribution in [3.05, 3.63) is 24.0 Å². The fraction of sp³-hybridized carbons (Fsp3) is 0.455. The van der Waals surface area contributed by atoms with Crippen LogP contribution in [0.4, 0.5) is 5.69 Å². The lowest BCUT2D eigenvalue weighted by Crippen LogP contribution is -2.38. The van der Waals surface area contributed by atoms with Gasteiger partial charge in [0.05, 0.1) is 5.69 Å². The van der Waals surface area contributed by atoms with E-state index in [9.17, 15) is 0 Å². The van der Waals surface area contributed by atoms with Gasteiger partial charge in [0.1, 0.15) is 10.7 Å². The molecule has 4 heteroatoms. The Morgan fingerprint density at radius 1 is 1.60 bits per heavy atom. The minimum absolute atomic E-state index is 0.372. The second kappa shape index (κ2) is 4.14. The average molecular weight is 221 g/mol. The lowest BCUT2D eigenvalue weighted by Gasteiger charge is -2.36. The maximum Gasteiger partial charge on any atom is 0.124 e. The van der Waals surface area contributed by atoms with Gasteiger partial charge in [-0.05, 0) is 31.4 Å². The van der Waals surface area contributed by atoms with Crippen LogP contribution in [0, 0.1) is 0 Å². The van der Waals surface area contributed by atoms with Crippen LogP contribution in [-0.2, 0) is 0 Å². The Kier molecular flexibility index (Phi) is 2.86. The predicted octanol–water partition coefficient (Wildman–Crippen LogP) is 1.70. The van der Waals surface area contributed by atoms with Crippen LogP contribution in [-0.4, -0.2) is 23.1 Å². The second-order valence-electron chi connectivity index (χ2n) is 3.93. The van der Waals surface area contributed by atoms with Gasteiger partial charge in [-0.25, -0.2) is 0 Å². The van der Waals surface area contributed by atoms with Crippen molar-refractivity contribution in [3.63, 3.8) is 0 Å². The average Bonchev–Trinajstić information content (AvgIpc) is 2.15. The number of nitrogens with two attached hydrogens (primary N) is 1. The zero-order chi connectivity index (χ0) is 10.8. The smallest absolute Gasteiger partial charge is 0.124 e. The summed E-state index contributed by atoms with van der Waals surface area (Å²) in [6.45, 7) is 0. The molecule has 15 heavy (non-hydrogen) atoms. The van der Waals surface area contributed by atoms with Crippen molar-refractivity contribution in [2.75, 3.05) is 11.9 Å². The quantitative estimate of drug-likeness (QED) is 0.789. The van der Waals surface area contributed by atoms with Crippen LogP contribution < -0.4 is 10.6 Å². The molecule has 1 saturated carbocycles. The first-order valence-electron chi connectivity index (χ1n) is 5.18. The number of anilines is 1. The summed E-state index contributed by atoms with van der Waals surface area (Å²) >= 11 is 5.00. The summed E-state index contributed by atoms with van der Waals surface area (Å²) in [6, 6.07) is 4.58. The first-order chi connectivity index (χ1) is 7.20. The van der Waals surface area contributed by atoms with Crippen molar-refractivity contribution in [3.8, 4) is 0 Å². The zero-order valence-corrected chi connectivity index (χ0v) is 9.63. The Labute approximate surface area is 95.3 Å². The largest absolute Gasteiger partial charge is 0.388 e. The molecule has 0 radical (unpaired) electrons. The summed E-state index contributed by atoms with van der Waals surface area (Å²) < 4.78 is 0. The fourth-order valence-corrected chi connectivity index (χ4v) is 2.00. The molecule has 1 aromatic heterocycles. The molecule has 80 valence electrons. The standard InChI is InChI=1S/C11H15N3S/c1-14(8-4-2-5-8)9-6-3-7-13-10(9)11(12)15/h3,6-8H,2,4-5H2,1H3,(H2,12,15). The molecule has 1 aromatic rings. The Balaban J connectivity index is 2.29. The third kappa shape index (κ3) is 1.95. The molecule has 1 fully saturated rings. The Morgan fingerprint density at radius 2 is 2.33 bits per heavy atom. The summed E-state index contributed by atoms with van der Waals surface area (Å²) in [5, 5.41) is 0. The van der Waals surface area contributed by atoms with E-state index in [4.69, 9.17) is 18.0 Å². The highest BCUT2D eigenvalue weighted by Gasteiger charge is 2.24. The van der Waals surface area contributed by atoms with Gasteiger partial charge >= 0.3 is 0 Å². The molecule has 1 aliphatic rings. The molecule has 2 N–H and O–H groups in total. The van der Waals surface area contributed by atoms with Crippen LogP contribution in [0.1, 0.15) is 25.0 Å². The number of hydrogen-bond donors (Lipinski definition) is 1. The molecule has 0 amide bonds. The normalized spacial score (nSPS) is 15.8. The van der Waals surface area contributed by atoms with Crippen LogP contribution in [0.25, 0.3) is 0 Å². The number of nitrogens with zero attached hydrogens (tertiary/aromatic N) is 2. The molecule has 1 heterocycles. The molecule has 0 bridgehead atoms. The van der Waals surface area contributed by atoms with E-state index in [1.54, 1.807) is 6.20 Å². The number of thiocarbonyl (C=S) groups is 1. The van der Waals surface area contributed by atoms with Gasteiger partial charge in [0.25, 0.3) is 0 Å². The Hall–Kier alpha value is -1.16. The molecule has 0 spiro atoms. The van der Waals surface area contributed by atoms with Crippen molar-refractivity contribution in [2.24, 2.45) is 5.73 Å². The number of aromatic nitrogens is 1. The predicted molar refractivity (Wildman–Crippen MR) is 66.2 cm³/mol. The van der Waals surface area contributed by atoms with E-state index in [0.29, 0.717) is 11.0 Å². The Bertz CT molecular complexity index is 374. The van der Waals surface area contributed by atoms with Crippen LogP contribution in [0.5, 0.6) is 0 Å². The molecule has 1 aliphatic carbocycles. The van der Waals surface area contributed by atoms with Crippen molar-refractivity contribution in [1.29, 1.82) is 0 Å². The molecule has 0 aliphatic heterocycles. The Morgan fingerprint density at radius 3 is 2.87 bits per heavy atom. The zero-order valence-electron chi connectivity index (χ0n) is 8.81. The van der Waals surface area contributed by atoms with Crippen molar-refractivity contribution >= 4 is 22.9 Å². The van der Waals surface area contributed by atoms with E-state index in [1.807, 2.05) is 12.1 Å². The molecule has 2 rings (SSSR count). The van der Waals surface area contributed by atoms with Crippen LogP contribution in [0.3, 0.4) is 0 Å². The van der Waals surface area contributed by atoms with Crippen molar-refractivity contribution in [1.82, 2.24) is 4.98 Å². The minimum Gasteiger partial charge on any atom is -0.388 e. The van der Waals surface area contributed by atoms with Gasteiger partial charge in [0.15, 0.2) is 0 Å². The van der Waals surface area contributed by atoms with E-state index < -0.39 is 0 Å². The summed E-state index contributed by atoms with van der Waals surface area (Å²) in [6.07, 6.45) is 5.55. The second-order valence-corrected chi connectivity index (χ2v) is 4.37. The molecule has 0 unspecified atom stereocenters. The van der Waals surface area contributed by atoms with Crippen molar-refractivity contribution < 1.29 is 0 Å². The van der Waals surface area contributed by atoms with Gasteiger partial charge in [-0.15, -0.1) is 0 Å². The van der Waals surface area contributed by atoms with Gasteiger partial charge in [-0.1, -0.05) is 12.2 Å². The molecule has 0 aromatic carbocycles. The third-order valence-corrected chi connectivity index (χ3v) is 3.22. The third-order valence-electron chi connectivity index (χ3n) is 3.02. The van der Waals surface area contributed by atoms with Crippen LogP contribution in [0.2, 0.25) is 0 Å². The van der Waals surface area contributed by atoms with Gasteiger partial charge in [-0.2, -0.15) is 0 Å². The number of pyridine rings is 1. The maximum absolute atomic E-state index is 5.65. The van der Waals surface area contributed by atoms with E-state index in [1.165, 1.54) is 19.3 Å². The summed E-state index contributed by atoms with van der Waals surface area (Å²) in [5.41, 5.74) is 7.44. The first-order valence-corrected chi connectivity index (χ1v) is 5.58. The highest BCUT2D eigenvalue weighted by molar-refractivity contribution is 7.80. The van der Waals surface area contributed by atoms with E-state index in [2.05, 4.69) is 16.9 Å². The SMILES string of the molecule is CN(c1cccnc1C(N)=S)C1CCC1. The molecule has 0 atom stereocenters. The summed E-state index contributed by atoms with van der Waals surface area (Å²) in [4.78, 5) is 6.85. The minimum atomic E-state index is 0.372. The molecule has 3 nitrogen and oxygen atoms in total. The number of rotatable bonds is 3. The lowest BCUT2D eigenvalue weighted by atomic mass is 9.91. The number of hydrogen-bond acceptors (Lipinski definition) is 3. The van der Waals surface area contributed by atoms with Gasteiger partial charge < -0.3 is 10.6 Å². The lowest BCUT2D eigenvalue weighted by molar-refractivity contribution is 0.401. The van der Waals surface area contributed by atoms with E-state index in [0.717, 1.165) is 11.4 Å². The topological polar surface area (TPSA) is 42.2 Å². The fourth-order valence-electron chi connectivity index (χ4n) is 1.84. The monoisotopic (exact) mass is 221 g/mol. The molecular weight excluding hydrogens is 206 g/mol. The van der Waals surface area contributed by atoms with Crippen LogP contribution in [0.15, 0.2) is 18.3 Å². The summed E-state index contributed by atoms with van der Waals surface area (Å²) in [7, 11) is 2.09. The van der Waals surface area contributed by atoms with E-state index in [-0.39, 0.29) is 0 Å². The van der Waals surface area contributed by atoms with Crippen LogP contribution >= 0.6 is 12.2 Å². The van der Waals surface area contributed by atoms with Gasteiger partial charge in [-0.3, -0.25) is 4.98 Å². The summed E-state index contributed by atoms with van der Waals surface area (Å²) in [5.74, 6) is 0. The maximum atomic E-state index is 5.65. The van der Waals surface area contributed by atoms with Gasteiger partial charge in [0.2, 0.25) is 0 Å². The van der Waals surface area contributed by atoms with E-state index >= 15 is 0 Å². The first kappa shape index (κ1) is 10.4. The van der Waals surface area contributed by atoms with Crippen molar-refractivity contribution in [2.45, 2.75) is 25.3 Å². The molecule has 0 saturated heterocycles. The highest BCUT2D eigenvalue weighted by Crippen LogP contribution is 2.29. The highest BCUT2D eigenvalue weighted by atomic mass is 32.1. The van der Waals surface area contributed by atoms with Gasteiger partial charge in [0, 0.05) is 19.3 Å².